The Labute approximate surface area is 185 Å². The number of quaternary nitrogens is 2. The fourth-order valence-electron chi connectivity index (χ4n) is 3.50. The quantitative estimate of drug-likeness (QED) is 0.188. The van der Waals surface area contributed by atoms with Gasteiger partial charge in [0.15, 0.2) is 0 Å². The lowest BCUT2D eigenvalue weighted by Crippen LogP contribution is -2.49. The SMILES string of the molecule is CC[N+](CC)(CCCCO)CCCCO.C[N+](C)(CCCCO)CCCCO.[OH-].[OH-]. The number of hydrogen-bond acceptors (Lipinski definition) is 6. The Morgan fingerprint density at radius 2 is 0.733 bits per heavy atom. The molecule has 0 aliphatic rings. The van der Waals surface area contributed by atoms with E-state index < -0.39 is 0 Å². The molecule has 0 saturated carbocycles. The second kappa shape index (κ2) is 24.9. The maximum Gasteiger partial charge on any atom is 0.0787 e. The number of aliphatic hydroxyl groups excluding tert-OH is 4. The van der Waals surface area contributed by atoms with Crippen LogP contribution in [0.25, 0.3) is 0 Å². The third-order valence-corrected chi connectivity index (χ3v) is 5.77. The van der Waals surface area contributed by atoms with Crippen molar-refractivity contribution in [1.82, 2.24) is 0 Å². The average molecular weight is 443 g/mol. The molecule has 0 aliphatic heterocycles. The van der Waals surface area contributed by atoms with Gasteiger partial charge in [-0.2, -0.15) is 0 Å². The summed E-state index contributed by atoms with van der Waals surface area (Å²) in [6, 6.07) is 0. The van der Waals surface area contributed by atoms with Crippen molar-refractivity contribution < 1.29 is 40.3 Å². The third kappa shape index (κ3) is 22.4. The molecule has 0 aromatic carbocycles. The number of unbranched alkanes of at least 4 members (excludes halogenated alkanes) is 4. The molecule has 0 fully saturated rings. The van der Waals surface area contributed by atoms with Crippen LogP contribution in [0.1, 0.15) is 65.2 Å². The fraction of sp³-hybridized carbons (Fsp3) is 1.00. The summed E-state index contributed by atoms with van der Waals surface area (Å²) in [4.78, 5) is 0. The molecular weight excluding hydrogens is 388 g/mol. The zero-order chi connectivity index (χ0) is 21.7. The Hall–Kier alpha value is -0.320. The Morgan fingerprint density at radius 1 is 0.467 bits per heavy atom. The zero-order valence-electron chi connectivity index (χ0n) is 20.3. The summed E-state index contributed by atoms with van der Waals surface area (Å²) >= 11 is 0. The summed E-state index contributed by atoms with van der Waals surface area (Å²) in [7, 11) is 4.41. The number of rotatable bonds is 18. The molecule has 0 saturated heterocycles. The Balaban J connectivity index is -0.000000213. The van der Waals surface area contributed by atoms with E-state index in [1.54, 1.807) is 0 Å². The highest BCUT2D eigenvalue weighted by molar-refractivity contribution is 4.46. The summed E-state index contributed by atoms with van der Waals surface area (Å²) in [6.07, 6.45) is 8.03. The molecule has 0 spiro atoms. The molecule has 0 rings (SSSR count). The van der Waals surface area contributed by atoms with E-state index in [4.69, 9.17) is 20.4 Å². The first-order chi connectivity index (χ1) is 13.4. The van der Waals surface area contributed by atoms with Crippen molar-refractivity contribution in [1.29, 1.82) is 0 Å². The summed E-state index contributed by atoms with van der Waals surface area (Å²) in [5, 5.41) is 34.8. The second-order valence-corrected chi connectivity index (χ2v) is 8.53. The highest BCUT2D eigenvalue weighted by atomic mass is 16.3. The van der Waals surface area contributed by atoms with E-state index >= 15 is 0 Å². The van der Waals surface area contributed by atoms with Crippen LogP contribution in [0, 0.1) is 0 Å². The van der Waals surface area contributed by atoms with Crippen LogP contribution < -0.4 is 0 Å². The number of aliphatic hydroxyl groups is 4. The minimum absolute atomic E-state index is 0. The molecule has 0 unspecified atom stereocenters. The van der Waals surface area contributed by atoms with Crippen molar-refractivity contribution in [3.63, 3.8) is 0 Å². The highest BCUT2D eigenvalue weighted by Gasteiger charge is 2.21. The van der Waals surface area contributed by atoms with Crippen LogP contribution in [0.3, 0.4) is 0 Å². The van der Waals surface area contributed by atoms with Gasteiger partial charge in [0, 0.05) is 26.4 Å². The van der Waals surface area contributed by atoms with Gasteiger partial charge in [-0.3, -0.25) is 0 Å². The van der Waals surface area contributed by atoms with Crippen molar-refractivity contribution in [2.24, 2.45) is 0 Å². The lowest BCUT2D eigenvalue weighted by molar-refractivity contribution is -0.925. The summed E-state index contributed by atoms with van der Waals surface area (Å²) < 4.78 is 2.14. The number of nitrogens with zero attached hydrogens (tertiary/aromatic N) is 2. The number of hydrogen-bond donors (Lipinski definition) is 4. The van der Waals surface area contributed by atoms with Crippen molar-refractivity contribution in [2.45, 2.75) is 65.2 Å². The molecule has 0 atom stereocenters. The predicted molar refractivity (Wildman–Crippen MR) is 122 cm³/mol. The molecule has 0 aliphatic carbocycles. The van der Waals surface area contributed by atoms with Gasteiger partial charge < -0.3 is 40.3 Å². The summed E-state index contributed by atoms with van der Waals surface area (Å²) in [6.45, 7) is 12.6. The Morgan fingerprint density at radius 3 is 0.967 bits per heavy atom. The van der Waals surface area contributed by atoms with Gasteiger partial charge in [-0.05, 0) is 65.2 Å². The lowest BCUT2D eigenvalue weighted by atomic mass is 10.2. The van der Waals surface area contributed by atoms with Crippen LogP contribution in [0.15, 0.2) is 0 Å². The minimum Gasteiger partial charge on any atom is -0.870 e. The molecule has 8 heteroatoms. The first kappa shape index (κ1) is 37.0. The van der Waals surface area contributed by atoms with Gasteiger partial charge in [0.05, 0.1) is 53.4 Å². The Kier molecular flexibility index (Phi) is 30.8. The van der Waals surface area contributed by atoms with Crippen molar-refractivity contribution in [3.05, 3.63) is 0 Å². The maximum absolute atomic E-state index is 8.78. The molecule has 8 nitrogen and oxygen atoms in total. The summed E-state index contributed by atoms with van der Waals surface area (Å²) in [5.41, 5.74) is 0. The minimum atomic E-state index is 0. The molecule has 6 N–H and O–H groups in total. The zero-order valence-corrected chi connectivity index (χ0v) is 20.3. The van der Waals surface area contributed by atoms with Gasteiger partial charge in [0.25, 0.3) is 0 Å². The van der Waals surface area contributed by atoms with E-state index in [0.29, 0.717) is 26.4 Å². The van der Waals surface area contributed by atoms with E-state index in [9.17, 15) is 0 Å². The second-order valence-electron chi connectivity index (χ2n) is 8.53. The van der Waals surface area contributed by atoms with Crippen LogP contribution in [-0.4, -0.2) is 120 Å². The predicted octanol–water partition coefficient (Wildman–Crippen LogP) is 1.64. The van der Waals surface area contributed by atoms with Crippen molar-refractivity contribution >= 4 is 0 Å². The van der Waals surface area contributed by atoms with Crippen LogP contribution in [-0.2, 0) is 0 Å². The van der Waals surface area contributed by atoms with Gasteiger partial charge in [-0.1, -0.05) is 0 Å². The average Bonchev–Trinajstić information content (AvgIpc) is 2.68. The highest BCUT2D eigenvalue weighted by Crippen LogP contribution is 2.11. The third-order valence-electron chi connectivity index (χ3n) is 5.77. The van der Waals surface area contributed by atoms with Gasteiger partial charge >= 0.3 is 0 Å². The molecule has 0 amide bonds. The van der Waals surface area contributed by atoms with Gasteiger partial charge in [-0.15, -0.1) is 0 Å². The van der Waals surface area contributed by atoms with E-state index in [2.05, 4.69) is 27.9 Å². The maximum atomic E-state index is 8.78. The molecule has 0 aromatic heterocycles. The first-order valence-electron chi connectivity index (χ1n) is 11.5. The fourth-order valence-corrected chi connectivity index (χ4v) is 3.50. The largest absolute Gasteiger partial charge is 0.870 e. The molecule has 30 heavy (non-hydrogen) atoms. The van der Waals surface area contributed by atoms with Gasteiger partial charge in [0.1, 0.15) is 0 Å². The van der Waals surface area contributed by atoms with Crippen LogP contribution in [0.5, 0.6) is 0 Å². The smallest absolute Gasteiger partial charge is 0.0787 e. The molecule has 0 radical (unpaired) electrons. The van der Waals surface area contributed by atoms with Crippen LogP contribution in [0.2, 0.25) is 0 Å². The molecule has 188 valence electrons. The topological polar surface area (TPSA) is 141 Å². The molecule has 0 bridgehead atoms. The van der Waals surface area contributed by atoms with Crippen molar-refractivity contribution in [2.75, 3.05) is 79.8 Å². The van der Waals surface area contributed by atoms with Crippen LogP contribution >= 0.6 is 0 Å². The van der Waals surface area contributed by atoms with E-state index in [0.717, 1.165) is 86.5 Å². The lowest BCUT2D eigenvalue weighted by Gasteiger charge is -2.37. The Bertz CT molecular complexity index is 292. The van der Waals surface area contributed by atoms with Gasteiger partial charge in [0.2, 0.25) is 0 Å². The van der Waals surface area contributed by atoms with E-state index in [1.165, 1.54) is 13.1 Å². The molecule has 0 heterocycles. The first-order valence-corrected chi connectivity index (χ1v) is 11.5. The standard InChI is InChI=1S/C12H28NO2.C10H24NO2.2H2O/c1-3-13(4-2,9-5-7-11-14)10-6-8-12-15;1-11(2,7-3-5-9-12)8-4-6-10-13;;/h14-15H,3-12H2,1-2H3;12-13H,3-10H2,1-2H3;2*1H2/q2*+1;;/p-2. The normalized spacial score (nSPS) is 11.2. The van der Waals surface area contributed by atoms with Gasteiger partial charge in [-0.25, -0.2) is 0 Å². The van der Waals surface area contributed by atoms with E-state index in [1.807, 2.05) is 0 Å². The molecule has 0 aromatic rings. The molecular formula is C22H54N2O6. The summed E-state index contributed by atoms with van der Waals surface area (Å²) in [5.74, 6) is 0. The van der Waals surface area contributed by atoms with Crippen molar-refractivity contribution in [3.8, 4) is 0 Å². The van der Waals surface area contributed by atoms with Crippen LogP contribution in [0.4, 0.5) is 0 Å². The monoisotopic (exact) mass is 442 g/mol. The van der Waals surface area contributed by atoms with E-state index in [-0.39, 0.29) is 11.0 Å².